The second kappa shape index (κ2) is 17.2. The lowest BCUT2D eigenvalue weighted by atomic mass is 10.4. The van der Waals surface area contributed by atoms with Gasteiger partial charge in [0.05, 0.1) is 0 Å². The van der Waals surface area contributed by atoms with E-state index in [1.807, 2.05) is 18.2 Å². The highest BCUT2D eigenvalue weighted by Crippen LogP contribution is 2.28. The quantitative estimate of drug-likeness (QED) is 0.235. The van der Waals surface area contributed by atoms with Gasteiger partial charge in [-0.25, -0.2) is 0 Å². The molecule has 13 heteroatoms. The Morgan fingerprint density at radius 2 is 0.743 bits per heavy atom. The minimum absolute atomic E-state index is 0. The fourth-order valence-corrected chi connectivity index (χ4v) is 30.5. The van der Waals surface area contributed by atoms with Crippen molar-refractivity contribution < 1.29 is 24.7 Å². The molecule has 0 spiro atoms. The van der Waals surface area contributed by atoms with Gasteiger partial charge < -0.3 is 24.7 Å². The zero-order valence-corrected chi connectivity index (χ0v) is 29.0. The summed E-state index contributed by atoms with van der Waals surface area (Å²) in [5, 5.41) is 0.953. The van der Waals surface area contributed by atoms with Crippen molar-refractivity contribution in [3.05, 3.63) is 30.3 Å². The predicted molar refractivity (Wildman–Crippen MR) is 174 cm³/mol. The number of benzene rings is 1. The van der Waals surface area contributed by atoms with E-state index in [-0.39, 0.29) is 29.7 Å². The molecule has 0 bridgehead atoms. The molecule has 0 aliphatic rings. The van der Waals surface area contributed by atoms with E-state index in [4.69, 9.17) is 24.7 Å². The van der Waals surface area contributed by atoms with E-state index in [2.05, 4.69) is 90.7 Å². The maximum Gasteiger partial charge on any atom is 0.510 e. The molecule has 0 amide bonds. The average Bonchev–Trinajstić information content (AvgIpc) is 2.49. The molecule has 35 heavy (non-hydrogen) atoms. The molecule has 0 radical (unpaired) electrons. The molecule has 1 aromatic carbocycles. The summed E-state index contributed by atoms with van der Waals surface area (Å²) >= 11 is 0. The standard InChI is InChI=1S/C18H44O6Si7.4CH4/c1-25(2)19-28(7,8)22-31(18-16-14-13-15-17-18,23-29(9,10)20-26(3)4)24-30(11,12)21-27(5)6;;;;/h13-17,25-27H,1-12H3;4*1H4. The van der Waals surface area contributed by atoms with Crippen LogP contribution in [0.4, 0.5) is 0 Å². The van der Waals surface area contributed by atoms with E-state index in [1.165, 1.54) is 0 Å². The molecule has 0 aromatic heterocycles. The van der Waals surface area contributed by atoms with E-state index >= 15 is 0 Å². The molecule has 0 saturated heterocycles. The van der Waals surface area contributed by atoms with E-state index in [9.17, 15) is 0 Å². The van der Waals surface area contributed by atoms with Crippen molar-refractivity contribution in [2.24, 2.45) is 0 Å². The molecule has 0 N–H and O–H groups in total. The molecule has 212 valence electrons. The lowest BCUT2D eigenvalue weighted by molar-refractivity contribution is 0.210. The topological polar surface area (TPSA) is 55.4 Å². The maximum absolute atomic E-state index is 6.94. The summed E-state index contributed by atoms with van der Waals surface area (Å²) in [6.07, 6.45) is 0. The molecule has 0 aliphatic heterocycles. The van der Waals surface area contributed by atoms with Gasteiger partial charge in [0.2, 0.25) is 0 Å². The lowest BCUT2D eigenvalue weighted by Crippen LogP contribution is -2.70. The van der Waals surface area contributed by atoms with E-state index < -0.39 is 61.6 Å². The highest BCUT2D eigenvalue weighted by Gasteiger charge is 2.56. The van der Waals surface area contributed by atoms with E-state index in [0.717, 1.165) is 5.19 Å². The molecular formula is C22H60O6Si7. The summed E-state index contributed by atoms with van der Waals surface area (Å²) < 4.78 is 40.0. The Kier molecular flexibility index (Phi) is 20.9. The Bertz CT molecular complexity index is 614. The highest BCUT2D eigenvalue weighted by molar-refractivity contribution is 6.95. The second-order valence-electron chi connectivity index (χ2n) is 9.93. The van der Waals surface area contributed by atoms with Crippen LogP contribution in [0.3, 0.4) is 0 Å². The Hall–Kier alpha value is 0.498. The van der Waals surface area contributed by atoms with Crippen molar-refractivity contribution in [2.75, 3.05) is 0 Å². The van der Waals surface area contributed by atoms with Crippen LogP contribution in [0, 0.1) is 0 Å². The average molecular weight is 617 g/mol. The predicted octanol–water partition coefficient (Wildman–Crippen LogP) is 6.53. The van der Waals surface area contributed by atoms with Crippen LogP contribution in [0.2, 0.25) is 78.6 Å². The van der Waals surface area contributed by atoms with Gasteiger partial charge in [0.15, 0.2) is 27.1 Å². The lowest BCUT2D eigenvalue weighted by Gasteiger charge is -2.44. The third kappa shape index (κ3) is 16.1. The minimum Gasteiger partial charge on any atom is -0.439 e. The third-order valence-corrected chi connectivity index (χ3v) is 26.5. The summed E-state index contributed by atoms with van der Waals surface area (Å²) in [6, 6.07) is 10.1. The monoisotopic (exact) mass is 616 g/mol. The smallest absolute Gasteiger partial charge is 0.439 e. The van der Waals surface area contributed by atoms with Crippen LogP contribution in [0.15, 0.2) is 30.3 Å². The van der Waals surface area contributed by atoms with Gasteiger partial charge in [0.1, 0.15) is 0 Å². The zero-order chi connectivity index (χ0) is 24.1. The van der Waals surface area contributed by atoms with Crippen molar-refractivity contribution in [3.63, 3.8) is 0 Å². The van der Waals surface area contributed by atoms with Crippen LogP contribution in [0.1, 0.15) is 29.7 Å². The van der Waals surface area contributed by atoms with Crippen LogP contribution in [0.5, 0.6) is 0 Å². The van der Waals surface area contributed by atoms with Gasteiger partial charge in [-0.2, -0.15) is 0 Å². The second-order valence-corrected chi connectivity index (χ2v) is 31.6. The molecule has 0 atom stereocenters. The normalized spacial score (nSPS) is 12.5. The fraction of sp³-hybridized carbons (Fsp3) is 0.727. The van der Waals surface area contributed by atoms with Crippen molar-refractivity contribution in [1.29, 1.82) is 0 Å². The van der Waals surface area contributed by atoms with Crippen molar-refractivity contribution >= 4 is 66.8 Å². The van der Waals surface area contributed by atoms with Gasteiger partial charge in [-0.3, -0.25) is 0 Å². The first-order valence-electron chi connectivity index (χ1n) is 11.2. The summed E-state index contributed by atoms with van der Waals surface area (Å²) in [7, 11) is -14.9. The van der Waals surface area contributed by atoms with Crippen molar-refractivity contribution in [3.8, 4) is 0 Å². The number of hydrogen-bond acceptors (Lipinski definition) is 6. The first kappa shape index (κ1) is 42.6. The van der Waals surface area contributed by atoms with Gasteiger partial charge >= 0.3 is 34.5 Å². The van der Waals surface area contributed by atoms with Crippen LogP contribution < -0.4 is 5.19 Å². The van der Waals surface area contributed by atoms with Gasteiger partial charge in [0.25, 0.3) is 0 Å². The van der Waals surface area contributed by atoms with Crippen LogP contribution in [-0.2, 0) is 24.7 Å². The molecule has 0 saturated carbocycles. The summed E-state index contributed by atoms with van der Waals surface area (Å²) in [4.78, 5) is 0. The minimum atomic E-state index is -3.40. The Morgan fingerprint density at radius 3 is 0.971 bits per heavy atom. The molecule has 0 fully saturated rings. The Balaban J connectivity index is -0.00000120. The molecular weight excluding hydrogens is 557 g/mol. The maximum atomic E-state index is 6.94. The summed E-state index contributed by atoms with van der Waals surface area (Å²) in [6.45, 7) is 25.6. The molecule has 0 unspecified atom stereocenters. The van der Waals surface area contributed by atoms with Gasteiger partial charge in [0, 0.05) is 5.19 Å². The molecule has 0 aliphatic carbocycles. The van der Waals surface area contributed by atoms with Gasteiger partial charge in [-0.1, -0.05) is 60.0 Å². The highest BCUT2D eigenvalue weighted by atomic mass is 28.5. The first-order chi connectivity index (χ1) is 14.0. The largest absolute Gasteiger partial charge is 0.510 e. The number of hydrogen-bond donors (Lipinski definition) is 0. The first-order valence-corrected chi connectivity index (χ1v) is 29.7. The van der Waals surface area contributed by atoms with E-state index in [1.54, 1.807) is 0 Å². The van der Waals surface area contributed by atoms with Crippen molar-refractivity contribution in [2.45, 2.75) is 108 Å². The SMILES string of the molecule is C.C.C.C.C[SiH](C)O[Si](C)(C)O[Si](O[Si](C)(C)O[SiH](C)C)(O[Si](C)(C)O[SiH](C)C)c1ccccc1. The molecule has 1 aromatic rings. The third-order valence-electron chi connectivity index (χ3n) is 3.83. The summed E-state index contributed by atoms with van der Waals surface area (Å²) in [5.41, 5.74) is 0. The van der Waals surface area contributed by atoms with Crippen LogP contribution in [0.25, 0.3) is 0 Å². The molecule has 0 heterocycles. The molecule has 1 rings (SSSR count). The van der Waals surface area contributed by atoms with Crippen molar-refractivity contribution in [1.82, 2.24) is 0 Å². The zero-order valence-electron chi connectivity index (χ0n) is 21.6. The van der Waals surface area contributed by atoms with Crippen LogP contribution in [-0.4, -0.2) is 61.6 Å². The van der Waals surface area contributed by atoms with Crippen LogP contribution >= 0.6 is 0 Å². The van der Waals surface area contributed by atoms with Gasteiger partial charge in [-0.15, -0.1) is 0 Å². The Labute approximate surface area is 229 Å². The number of rotatable bonds is 13. The summed E-state index contributed by atoms with van der Waals surface area (Å²) in [5.74, 6) is 0. The fourth-order valence-electron chi connectivity index (χ4n) is 3.63. The molecule has 6 nitrogen and oxygen atoms in total. The van der Waals surface area contributed by atoms with Gasteiger partial charge in [-0.05, 0) is 78.6 Å². The van der Waals surface area contributed by atoms with E-state index in [0.29, 0.717) is 0 Å². The Morgan fingerprint density at radius 1 is 0.486 bits per heavy atom.